The Balaban J connectivity index is 1.84. The van der Waals surface area contributed by atoms with Gasteiger partial charge in [0.05, 0.1) is 4.92 Å². The Morgan fingerprint density at radius 1 is 1.17 bits per heavy atom. The highest BCUT2D eigenvalue weighted by Crippen LogP contribution is 2.14. The molecule has 0 heterocycles. The lowest BCUT2D eigenvalue weighted by Gasteiger charge is -2.08. The minimum atomic E-state index is -0.528. The van der Waals surface area contributed by atoms with Crippen LogP contribution in [0.2, 0.25) is 0 Å². The fourth-order valence-corrected chi connectivity index (χ4v) is 1.80. The standard InChI is InChI=1S/C17H16N2O4/c1-13-2-6-15(7-3-13)18-17(20)12-23-16-8-4-14(5-9-16)10-11-19(21)22/h2-11H,12H2,1H3,(H,18,20). The number of amides is 1. The summed E-state index contributed by atoms with van der Waals surface area (Å²) in [7, 11) is 0. The van der Waals surface area contributed by atoms with Crippen molar-refractivity contribution in [3.63, 3.8) is 0 Å². The minimum absolute atomic E-state index is 0.113. The second-order valence-electron chi connectivity index (χ2n) is 4.87. The molecule has 23 heavy (non-hydrogen) atoms. The molecule has 0 aliphatic heterocycles. The number of aryl methyl sites for hydroxylation is 1. The second-order valence-corrected chi connectivity index (χ2v) is 4.87. The van der Waals surface area contributed by atoms with E-state index in [9.17, 15) is 14.9 Å². The molecule has 0 unspecified atom stereocenters. The molecule has 1 N–H and O–H groups in total. The molecular weight excluding hydrogens is 296 g/mol. The van der Waals surface area contributed by atoms with Crippen LogP contribution in [0, 0.1) is 17.0 Å². The van der Waals surface area contributed by atoms with Crippen molar-refractivity contribution < 1.29 is 14.5 Å². The van der Waals surface area contributed by atoms with Crippen LogP contribution in [-0.2, 0) is 4.79 Å². The highest BCUT2D eigenvalue weighted by molar-refractivity contribution is 5.91. The average molecular weight is 312 g/mol. The first-order chi connectivity index (χ1) is 11.0. The highest BCUT2D eigenvalue weighted by atomic mass is 16.6. The molecule has 118 valence electrons. The summed E-state index contributed by atoms with van der Waals surface area (Å²) < 4.78 is 5.37. The number of nitro groups is 1. The maximum absolute atomic E-state index is 11.8. The Kier molecular flexibility index (Phi) is 5.46. The Labute approximate surface area is 133 Å². The maximum atomic E-state index is 11.8. The summed E-state index contributed by atoms with van der Waals surface area (Å²) in [5.74, 6) is 0.258. The van der Waals surface area contributed by atoms with Gasteiger partial charge in [0.2, 0.25) is 6.20 Å². The van der Waals surface area contributed by atoms with Gasteiger partial charge in [0.15, 0.2) is 6.61 Å². The fraction of sp³-hybridized carbons (Fsp3) is 0.118. The number of ether oxygens (including phenoxy) is 1. The van der Waals surface area contributed by atoms with Gasteiger partial charge in [-0.1, -0.05) is 29.8 Å². The summed E-state index contributed by atoms with van der Waals surface area (Å²) in [4.78, 5) is 21.5. The molecule has 0 radical (unpaired) electrons. The van der Waals surface area contributed by atoms with Gasteiger partial charge in [-0.3, -0.25) is 14.9 Å². The van der Waals surface area contributed by atoms with Crippen molar-refractivity contribution in [2.45, 2.75) is 6.92 Å². The van der Waals surface area contributed by atoms with Gasteiger partial charge in [0.25, 0.3) is 5.91 Å². The summed E-state index contributed by atoms with van der Waals surface area (Å²) in [6.45, 7) is 1.86. The number of hydrogen-bond donors (Lipinski definition) is 1. The normalized spacial score (nSPS) is 10.5. The molecule has 0 aromatic heterocycles. The number of rotatable bonds is 6. The van der Waals surface area contributed by atoms with E-state index in [0.29, 0.717) is 17.0 Å². The third-order valence-corrected chi connectivity index (χ3v) is 2.97. The molecule has 1 amide bonds. The Morgan fingerprint density at radius 3 is 2.43 bits per heavy atom. The molecule has 6 heteroatoms. The van der Waals surface area contributed by atoms with Gasteiger partial charge in [-0.2, -0.15) is 0 Å². The molecule has 0 atom stereocenters. The number of hydrogen-bond acceptors (Lipinski definition) is 4. The molecule has 2 aromatic rings. The molecule has 0 saturated heterocycles. The zero-order valence-corrected chi connectivity index (χ0v) is 12.6. The summed E-state index contributed by atoms with van der Waals surface area (Å²) in [6, 6.07) is 14.1. The quantitative estimate of drug-likeness (QED) is 0.655. The van der Waals surface area contributed by atoms with Gasteiger partial charge in [-0.25, -0.2) is 0 Å². The van der Waals surface area contributed by atoms with Crippen molar-refractivity contribution in [1.82, 2.24) is 0 Å². The van der Waals surface area contributed by atoms with Crippen LogP contribution in [0.4, 0.5) is 5.69 Å². The van der Waals surface area contributed by atoms with Crippen molar-refractivity contribution in [1.29, 1.82) is 0 Å². The Morgan fingerprint density at radius 2 is 1.83 bits per heavy atom. The molecule has 0 aliphatic carbocycles. The first kappa shape index (κ1) is 16.2. The molecule has 0 spiro atoms. The Hall–Kier alpha value is -3.15. The molecule has 0 aliphatic rings. The smallest absolute Gasteiger partial charge is 0.262 e. The van der Waals surface area contributed by atoms with Crippen LogP contribution in [-0.4, -0.2) is 17.4 Å². The van der Waals surface area contributed by atoms with Crippen LogP contribution in [0.5, 0.6) is 5.75 Å². The number of carbonyl (C=O) groups is 1. The van der Waals surface area contributed by atoms with Gasteiger partial charge < -0.3 is 10.1 Å². The highest BCUT2D eigenvalue weighted by Gasteiger charge is 2.03. The molecule has 0 bridgehead atoms. The van der Waals surface area contributed by atoms with Crippen LogP contribution < -0.4 is 10.1 Å². The van der Waals surface area contributed by atoms with Gasteiger partial charge in [0, 0.05) is 11.8 Å². The number of carbonyl (C=O) groups excluding carboxylic acids is 1. The lowest BCUT2D eigenvalue weighted by atomic mass is 10.2. The number of nitrogens with zero attached hydrogens (tertiary/aromatic N) is 1. The first-order valence-electron chi connectivity index (χ1n) is 6.94. The van der Waals surface area contributed by atoms with E-state index in [-0.39, 0.29) is 12.5 Å². The fourth-order valence-electron chi connectivity index (χ4n) is 1.80. The van der Waals surface area contributed by atoms with E-state index >= 15 is 0 Å². The summed E-state index contributed by atoms with van der Waals surface area (Å²) >= 11 is 0. The zero-order chi connectivity index (χ0) is 16.7. The molecule has 2 rings (SSSR count). The predicted molar refractivity (Wildman–Crippen MR) is 87.8 cm³/mol. The van der Waals surface area contributed by atoms with Crippen molar-refractivity contribution in [2.75, 3.05) is 11.9 Å². The topological polar surface area (TPSA) is 81.5 Å². The van der Waals surface area contributed by atoms with E-state index < -0.39 is 4.92 Å². The number of nitrogens with one attached hydrogen (secondary N) is 1. The van der Waals surface area contributed by atoms with E-state index in [4.69, 9.17) is 4.74 Å². The molecule has 0 fully saturated rings. The van der Waals surface area contributed by atoms with E-state index in [1.165, 1.54) is 6.08 Å². The van der Waals surface area contributed by atoms with E-state index in [1.54, 1.807) is 24.3 Å². The van der Waals surface area contributed by atoms with Crippen molar-refractivity contribution in [3.05, 3.63) is 76.0 Å². The molecule has 6 nitrogen and oxygen atoms in total. The number of benzene rings is 2. The maximum Gasteiger partial charge on any atom is 0.262 e. The second kappa shape index (κ2) is 7.74. The average Bonchev–Trinajstić information content (AvgIpc) is 2.54. The van der Waals surface area contributed by atoms with Crippen molar-refractivity contribution in [2.24, 2.45) is 0 Å². The van der Waals surface area contributed by atoms with Gasteiger partial charge in [-0.05, 0) is 36.8 Å². The SMILES string of the molecule is Cc1ccc(NC(=O)COc2ccc(C=C[N+](=O)[O-])cc2)cc1. The lowest BCUT2D eigenvalue weighted by Crippen LogP contribution is -2.20. The van der Waals surface area contributed by atoms with Crippen molar-refractivity contribution >= 4 is 17.7 Å². The van der Waals surface area contributed by atoms with E-state index in [2.05, 4.69) is 5.32 Å². The third kappa shape index (κ3) is 5.62. The van der Waals surface area contributed by atoms with Crippen molar-refractivity contribution in [3.8, 4) is 5.75 Å². The minimum Gasteiger partial charge on any atom is -0.484 e. The largest absolute Gasteiger partial charge is 0.484 e. The molecule has 2 aromatic carbocycles. The lowest BCUT2D eigenvalue weighted by molar-refractivity contribution is -0.400. The molecular formula is C17H16N2O4. The molecule has 0 saturated carbocycles. The van der Waals surface area contributed by atoms with Gasteiger partial charge >= 0.3 is 0 Å². The van der Waals surface area contributed by atoms with Crippen LogP contribution in [0.15, 0.2) is 54.7 Å². The predicted octanol–water partition coefficient (Wildman–Crippen LogP) is 3.26. The van der Waals surface area contributed by atoms with Crippen LogP contribution in [0.1, 0.15) is 11.1 Å². The van der Waals surface area contributed by atoms with Crippen LogP contribution in [0.25, 0.3) is 6.08 Å². The third-order valence-electron chi connectivity index (χ3n) is 2.97. The first-order valence-corrected chi connectivity index (χ1v) is 6.94. The summed E-state index contributed by atoms with van der Waals surface area (Å²) in [6.07, 6.45) is 2.25. The van der Waals surface area contributed by atoms with Gasteiger partial charge in [0.1, 0.15) is 5.75 Å². The summed E-state index contributed by atoms with van der Waals surface area (Å²) in [5.41, 5.74) is 2.51. The summed E-state index contributed by atoms with van der Waals surface area (Å²) in [5, 5.41) is 13.0. The monoisotopic (exact) mass is 312 g/mol. The van der Waals surface area contributed by atoms with Gasteiger partial charge in [-0.15, -0.1) is 0 Å². The number of anilines is 1. The van der Waals surface area contributed by atoms with Crippen LogP contribution in [0.3, 0.4) is 0 Å². The Bertz CT molecular complexity index is 706. The van der Waals surface area contributed by atoms with Crippen LogP contribution >= 0.6 is 0 Å². The van der Waals surface area contributed by atoms with E-state index in [0.717, 1.165) is 11.8 Å². The van der Waals surface area contributed by atoms with E-state index in [1.807, 2.05) is 31.2 Å². The zero-order valence-electron chi connectivity index (χ0n) is 12.6.